The van der Waals surface area contributed by atoms with Gasteiger partial charge in [-0.3, -0.25) is 0 Å². The Morgan fingerprint density at radius 1 is 1.03 bits per heavy atom. The first-order chi connectivity index (χ1) is 14.9. The number of H-pyrrole nitrogens is 1. The summed E-state index contributed by atoms with van der Waals surface area (Å²) in [6.45, 7) is 0.497. The predicted molar refractivity (Wildman–Crippen MR) is 110 cm³/mol. The molecule has 0 bridgehead atoms. The van der Waals surface area contributed by atoms with Crippen molar-refractivity contribution in [1.82, 2.24) is 19.9 Å². The van der Waals surface area contributed by atoms with E-state index in [0.29, 0.717) is 35.1 Å². The van der Waals surface area contributed by atoms with Crippen LogP contribution >= 0.6 is 0 Å². The minimum Gasteiger partial charge on any atom is -0.497 e. The van der Waals surface area contributed by atoms with E-state index in [9.17, 15) is 13.2 Å². The molecule has 2 aromatic heterocycles. The summed E-state index contributed by atoms with van der Waals surface area (Å²) in [5, 5.41) is 3.14. The van der Waals surface area contributed by atoms with E-state index in [0.717, 1.165) is 23.4 Å². The number of methoxy groups -OCH3 is 1. The Balaban J connectivity index is 1.57. The van der Waals surface area contributed by atoms with Gasteiger partial charge in [0.05, 0.1) is 36.1 Å². The highest BCUT2D eigenvalue weighted by Gasteiger charge is 2.30. The van der Waals surface area contributed by atoms with Gasteiger partial charge in [0, 0.05) is 18.3 Å². The first kappa shape index (κ1) is 20.4. The fourth-order valence-corrected chi connectivity index (χ4v) is 3.06. The van der Waals surface area contributed by atoms with Gasteiger partial charge in [0.25, 0.3) is 0 Å². The Morgan fingerprint density at radius 2 is 1.84 bits per heavy atom. The molecule has 158 valence electrons. The molecular formula is C22H18F3N5O. The molecule has 0 saturated carbocycles. The molecule has 6 nitrogen and oxygen atoms in total. The van der Waals surface area contributed by atoms with Crippen molar-refractivity contribution in [2.24, 2.45) is 0 Å². The van der Waals surface area contributed by atoms with Crippen LogP contribution in [0.15, 0.2) is 67.1 Å². The van der Waals surface area contributed by atoms with Crippen molar-refractivity contribution in [2.75, 3.05) is 12.4 Å². The lowest BCUT2D eigenvalue weighted by molar-refractivity contribution is -0.137. The van der Waals surface area contributed by atoms with Gasteiger partial charge in [-0.15, -0.1) is 0 Å². The van der Waals surface area contributed by atoms with Crippen molar-refractivity contribution < 1.29 is 17.9 Å². The number of alkyl halides is 3. The summed E-state index contributed by atoms with van der Waals surface area (Å²) in [5.74, 6) is 1.15. The third kappa shape index (κ3) is 4.66. The summed E-state index contributed by atoms with van der Waals surface area (Å²) in [5.41, 5.74) is 2.03. The zero-order chi connectivity index (χ0) is 21.8. The molecule has 2 heterocycles. The van der Waals surface area contributed by atoms with Crippen molar-refractivity contribution >= 4 is 5.95 Å². The van der Waals surface area contributed by atoms with Crippen molar-refractivity contribution in [3.8, 4) is 28.4 Å². The number of hydrogen-bond donors (Lipinski definition) is 2. The summed E-state index contributed by atoms with van der Waals surface area (Å²) in [6, 6.07) is 14.3. The van der Waals surface area contributed by atoms with E-state index in [1.807, 2.05) is 24.3 Å². The number of aromatic amines is 1. The van der Waals surface area contributed by atoms with E-state index in [4.69, 9.17) is 4.74 Å². The van der Waals surface area contributed by atoms with Gasteiger partial charge in [0.1, 0.15) is 5.75 Å². The topological polar surface area (TPSA) is 75.7 Å². The highest BCUT2D eigenvalue weighted by Crippen LogP contribution is 2.34. The monoisotopic (exact) mass is 425 g/mol. The maximum Gasteiger partial charge on any atom is 0.416 e. The van der Waals surface area contributed by atoms with Gasteiger partial charge in [-0.2, -0.15) is 13.2 Å². The summed E-state index contributed by atoms with van der Waals surface area (Å²) in [6.07, 6.45) is -1.42. The van der Waals surface area contributed by atoms with Crippen LogP contribution in [0.3, 0.4) is 0 Å². The van der Waals surface area contributed by atoms with Crippen molar-refractivity contribution in [1.29, 1.82) is 0 Å². The lowest BCUT2D eigenvalue weighted by Gasteiger charge is -2.09. The molecule has 4 rings (SSSR count). The molecule has 9 heteroatoms. The number of anilines is 1. The van der Waals surface area contributed by atoms with Crippen LogP contribution in [0.2, 0.25) is 0 Å². The summed E-state index contributed by atoms with van der Waals surface area (Å²) >= 11 is 0. The van der Waals surface area contributed by atoms with E-state index in [1.54, 1.807) is 25.4 Å². The number of aromatic nitrogens is 4. The number of rotatable bonds is 6. The van der Waals surface area contributed by atoms with Crippen LogP contribution in [-0.4, -0.2) is 27.0 Å². The van der Waals surface area contributed by atoms with E-state index in [1.165, 1.54) is 12.4 Å². The number of halogens is 3. The predicted octanol–water partition coefficient (Wildman–Crippen LogP) is 5.17. The highest BCUT2D eigenvalue weighted by molar-refractivity contribution is 5.76. The molecular weight excluding hydrogens is 407 g/mol. The number of ether oxygens (including phenoxy) is 1. The SMILES string of the molecule is COc1ccc(CNc2nccc(-c3[nH]cnc3-c3cccc(C(F)(F)F)c3)n2)cc1. The van der Waals surface area contributed by atoms with Crippen LogP contribution < -0.4 is 10.1 Å². The molecule has 0 spiro atoms. The lowest BCUT2D eigenvalue weighted by Crippen LogP contribution is -2.05. The van der Waals surface area contributed by atoms with Gasteiger partial charge < -0.3 is 15.0 Å². The van der Waals surface area contributed by atoms with Crippen LogP contribution in [-0.2, 0) is 12.7 Å². The maximum atomic E-state index is 13.1. The Morgan fingerprint density at radius 3 is 2.58 bits per heavy atom. The van der Waals surface area contributed by atoms with Crippen LogP contribution in [0.5, 0.6) is 5.75 Å². The molecule has 0 radical (unpaired) electrons. The Bertz CT molecular complexity index is 1170. The number of hydrogen-bond acceptors (Lipinski definition) is 5. The average molecular weight is 425 g/mol. The Labute approximate surface area is 176 Å². The van der Waals surface area contributed by atoms with E-state index in [2.05, 4.69) is 25.3 Å². The Hall–Kier alpha value is -3.88. The number of nitrogens with one attached hydrogen (secondary N) is 2. The average Bonchev–Trinajstić information content (AvgIpc) is 3.28. The van der Waals surface area contributed by atoms with E-state index < -0.39 is 11.7 Å². The zero-order valence-corrected chi connectivity index (χ0v) is 16.4. The van der Waals surface area contributed by atoms with E-state index in [-0.39, 0.29) is 0 Å². The minimum atomic E-state index is -4.43. The summed E-state index contributed by atoms with van der Waals surface area (Å²) in [7, 11) is 1.61. The van der Waals surface area contributed by atoms with E-state index >= 15 is 0 Å². The molecule has 0 saturated heterocycles. The number of nitrogens with zero attached hydrogens (tertiary/aromatic N) is 3. The summed E-state index contributed by atoms with van der Waals surface area (Å²) < 4.78 is 44.4. The molecule has 4 aromatic rings. The highest BCUT2D eigenvalue weighted by atomic mass is 19.4. The molecule has 2 aromatic carbocycles. The third-order valence-corrected chi connectivity index (χ3v) is 4.62. The molecule has 0 unspecified atom stereocenters. The fourth-order valence-electron chi connectivity index (χ4n) is 3.06. The molecule has 0 fully saturated rings. The standard InChI is InChI=1S/C22H18F3N5O/c1-31-17-7-5-14(6-8-17)12-27-21-26-10-9-18(30-21)20-19(28-13-29-20)15-3-2-4-16(11-15)22(23,24)25/h2-11,13H,12H2,1H3,(H,28,29)(H,26,27,30). The van der Waals surface area contributed by atoms with Crippen LogP contribution in [0.1, 0.15) is 11.1 Å². The summed E-state index contributed by atoms with van der Waals surface area (Å²) in [4.78, 5) is 15.9. The molecule has 0 aliphatic carbocycles. The number of imidazole rings is 1. The van der Waals surface area contributed by atoms with Crippen LogP contribution in [0.25, 0.3) is 22.6 Å². The quantitative estimate of drug-likeness (QED) is 0.446. The fraction of sp³-hybridized carbons (Fsp3) is 0.136. The van der Waals surface area contributed by atoms with Gasteiger partial charge in [0.15, 0.2) is 0 Å². The van der Waals surface area contributed by atoms with Gasteiger partial charge in [-0.05, 0) is 35.9 Å². The first-order valence-electron chi connectivity index (χ1n) is 9.35. The maximum absolute atomic E-state index is 13.1. The molecule has 0 aliphatic heterocycles. The zero-order valence-electron chi connectivity index (χ0n) is 16.4. The molecule has 2 N–H and O–H groups in total. The van der Waals surface area contributed by atoms with Gasteiger partial charge in [-0.25, -0.2) is 15.0 Å². The van der Waals surface area contributed by atoms with Crippen molar-refractivity contribution in [3.05, 3.63) is 78.2 Å². The molecule has 31 heavy (non-hydrogen) atoms. The van der Waals surface area contributed by atoms with Crippen LogP contribution in [0, 0.1) is 0 Å². The smallest absolute Gasteiger partial charge is 0.416 e. The second-order valence-corrected chi connectivity index (χ2v) is 6.67. The molecule has 0 aliphatic rings. The van der Waals surface area contributed by atoms with Gasteiger partial charge >= 0.3 is 6.18 Å². The lowest BCUT2D eigenvalue weighted by atomic mass is 10.1. The first-order valence-corrected chi connectivity index (χ1v) is 9.35. The third-order valence-electron chi connectivity index (χ3n) is 4.62. The molecule has 0 amide bonds. The van der Waals surface area contributed by atoms with Gasteiger partial charge in [-0.1, -0.05) is 24.3 Å². The minimum absolute atomic E-state index is 0.345. The van der Waals surface area contributed by atoms with Gasteiger partial charge in [0.2, 0.25) is 5.95 Å². The number of benzene rings is 2. The van der Waals surface area contributed by atoms with Crippen molar-refractivity contribution in [2.45, 2.75) is 12.7 Å². The Kier molecular flexibility index (Phi) is 5.57. The largest absolute Gasteiger partial charge is 0.497 e. The second kappa shape index (κ2) is 8.47. The molecule has 0 atom stereocenters. The van der Waals surface area contributed by atoms with Crippen molar-refractivity contribution in [3.63, 3.8) is 0 Å². The van der Waals surface area contributed by atoms with Crippen LogP contribution in [0.4, 0.5) is 19.1 Å². The second-order valence-electron chi connectivity index (χ2n) is 6.67. The normalized spacial score (nSPS) is 11.4.